The van der Waals surface area contributed by atoms with Gasteiger partial charge in [-0.1, -0.05) is 24.3 Å². The molecule has 51 valence electrons. The van der Waals surface area contributed by atoms with Gasteiger partial charge in [-0.05, 0) is 36.8 Å². The highest BCUT2D eigenvalue weighted by Gasteiger charge is 2.20. The molecule has 10 heavy (non-hydrogen) atoms. The normalized spacial score (nSPS) is 17.2. The lowest BCUT2D eigenvalue weighted by molar-refractivity contribution is 0.832. The molecule has 1 saturated carbocycles. The Labute approximate surface area is 61.9 Å². The Bertz CT molecular complexity index is 197. The van der Waals surface area contributed by atoms with Crippen molar-refractivity contribution in [1.29, 1.82) is 0 Å². The van der Waals surface area contributed by atoms with E-state index in [9.17, 15) is 0 Å². The molecule has 0 aliphatic heterocycles. The van der Waals surface area contributed by atoms with Crippen LogP contribution in [0.5, 0.6) is 0 Å². The van der Waals surface area contributed by atoms with Gasteiger partial charge in [-0.2, -0.15) is 0 Å². The van der Waals surface area contributed by atoms with E-state index in [-0.39, 0.29) is 0 Å². The Morgan fingerprint density at radius 1 is 1.50 bits per heavy atom. The monoisotopic (exact) mass is 131 g/mol. The van der Waals surface area contributed by atoms with Crippen molar-refractivity contribution in [2.24, 2.45) is 5.92 Å². The Morgan fingerprint density at radius 3 is 3.00 bits per heavy atom. The molecule has 1 aliphatic carbocycles. The highest BCUT2D eigenvalue weighted by Crippen LogP contribution is 2.32. The van der Waals surface area contributed by atoms with Gasteiger partial charge >= 0.3 is 0 Å². The van der Waals surface area contributed by atoms with Crippen molar-refractivity contribution < 1.29 is 0 Å². The summed E-state index contributed by atoms with van der Waals surface area (Å²) in [6.07, 6.45) is 4.15. The molecule has 1 aromatic carbocycles. The molecule has 1 aliphatic rings. The van der Waals surface area contributed by atoms with E-state index >= 15 is 0 Å². The van der Waals surface area contributed by atoms with E-state index in [1.54, 1.807) is 0 Å². The van der Waals surface area contributed by atoms with Crippen molar-refractivity contribution in [3.63, 3.8) is 0 Å². The number of rotatable bonds is 2. The van der Waals surface area contributed by atoms with Crippen LogP contribution in [0.15, 0.2) is 24.3 Å². The van der Waals surface area contributed by atoms with Crippen LogP contribution in [0.25, 0.3) is 0 Å². The first-order valence-corrected chi connectivity index (χ1v) is 3.90. The van der Waals surface area contributed by atoms with E-state index < -0.39 is 0 Å². The minimum absolute atomic E-state index is 0.996. The SMILES string of the molecule is [c]1cccc(CC2CC2)c1. The first-order chi connectivity index (χ1) is 4.95. The Kier molecular flexibility index (Phi) is 1.46. The summed E-state index contributed by atoms with van der Waals surface area (Å²) in [4.78, 5) is 0. The molecule has 0 nitrogen and oxygen atoms in total. The largest absolute Gasteiger partial charge is 0.0614 e. The van der Waals surface area contributed by atoms with Crippen LogP contribution in [-0.4, -0.2) is 0 Å². The summed E-state index contributed by atoms with van der Waals surface area (Å²) in [7, 11) is 0. The van der Waals surface area contributed by atoms with E-state index in [2.05, 4.69) is 24.3 Å². The summed E-state index contributed by atoms with van der Waals surface area (Å²) >= 11 is 0. The first-order valence-electron chi connectivity index (χ1n) is 3.90. The average molecular weight is 131 g/mol. The highest BCUT2D eigenvalue weighted by molar-refractivity contribution is 5.15. The molecule has 0 N–H and O–H groups in total. The molecule has 0 amide bonds. The van der Waals surface area contributed by atoms with Crippen LogP contribution in [0.3, 0.4) is 0 Å². The zero-order chi connectivity index (χ0) is 6.81. The van der Waals surface area contributed by atoms with Crippen LogP contribution >= 0.6 is 0 Å². The molecule has 2 rings (SSSR count). The summed E-state index contributed by atoms with van der Waals surface area (Å²) in [5.41, 5.74) is 1.45. The van der Waals surface area contributed by atoms with Crippen LogP contribution in [0.1, 0.15) is 18.4 Å². The smallest absolute Gasteiger partial charge is 0.0181 e. The molecule has 0 saturated heterocycles. The van der Waals surface area contributed by atoms with E-state index in [1.807, 2.05) is 6.07 Å². The lowest BCUT2D eigenvalue weighted by Crippen LogP contribution is -1.84. The Hall–Kier alpha value is -0.780. The van der Waals surface area contributed by atoms with Gasteiger partial charge in [0.1, 0.15) is 0 Å². The second kappa shape index (κ2) is 2.45. The topological polar surface area (TPSA) is 0 Å². The maximum absolute atomic E-state index is 3.09. The van der Waals surface area contributed by atoms with Crippen molar-refractivity contribution in [3.05, 3.63) is 35.9 Å². The van der Waals surface area contributed by atoms with Gasteiger partial charge in [-0.15, -0.1) is 0 Å². The zero-order valence-electron chi connectivity index (χ0n) is 6.01. The summed E-state index contributed by atoms with van der Waals surface area (Å²) in [5, 5.41) is 0. The fraction of sp³-hybridized carbons (Fsp3) is 0.400. The van der Waals surface area contributed by atoms with Gasteiger partial charge in [0.2, 0.25) is 0 Å². The van der Waals surface area contributed by atoms with Crippen molar-refractivity contribution in [2.45, 2.75) is 19.3 Å². The van der Waals surface area contributed by atoms with E-state index in [0.29, 0.717) is 0 Å². The van der Waals surface area contributed by atoms with Gasteiger partial charge in [0.25, 0.3) is 0 Å². The fourth-order valence-corrected chi connectivity index (χ4v) is 1.21. The summed E-state index contributed by atoms with van der Waals surface area (Å²) in [6, 6.07) is 11.4. The third-order valence-electron chi connectivity index (χ3n) is 1.99. The van der Waals surface area contributed by atoms with Crippen LogP contribution in [-0.2, 0) is 6.42 Å². The number of benzene rings is 1. The Balaban J connectivity index is 2.03. The summed E-state index contributed by atoms with van der Waals surface area (Å²) in [6.45, 7) is 0. The highest BCUT2D eigenvalue weighted by atomic mass is 14.3. The molecule has 1 fully saturated rings. The van der Waals surface area contributed by atoms with E-state index in [0.717, 1.165) is 5.92 Å². The minimum Gasteiger partial charge on any atom is -0.0614 e. The van der Waals surface area contributed by atoms with Crippen LogP contribution in [0.2, 0.25) is 0 Å². The first kappa shape index (κ1) is 5.96. The molecule has 0 unspecified atom stereocenters. The third kappa shape index (κ3) is 1.38. The molecule has 0 aromatic heterocycles. The Morgan fingerprint density at radius 2 is 2.40 bits per heavy atom. The quantitative estimate of drug-likeness (QED) is 0.578. The molecule has 1 aromatic rings. The maximum atomic E-state index is 3.09. The molecular formula is C10H11. The molecule has 0 heterocycles. The van der Waals surface area contributed by atoms with Crippen LogP contribution in [0, 0.1) is 12.0 Å². The van der Waals surface area contributed by atoms with Crippen molar-refractivity contribution in [1.82, 2.24) is 0 Å². The van der Waals surface area contributed by atoms with Crippen molar-refractivity contribution in [2.75, 3.05) is 0 Å². The van der Waals surface area contributed by atoms with E-state index in [4.69, 9.17) is 0 Å². The maximum Gasteiger partial charge on any atom is -0.0181 e. The lowest BCUT2D eigenvalue weighted by Gasteiger charge is -1.95. The molecular weight excluding hydrogens is 120 g/mol. The van der Waals surface area contributed by atoms with Crippen molar-refractivity contribution >= 4 is 0 Å². The number of hydrogen-bond donors (Lipinski definition) is 0. The van der Waals surface area contributed by atoms with Gasteiger partial charge in [-0.3, -0.25) is 0 Å². The second-order valence-corrected chi connectivity index (χ2v) is 3.06. The van der Waals surface area contributed by atoms with E-state index in [1.165, 1.54) is 24.8 Å². The average Bonchev–Trinajstić information content (AvgIpc) is 2.74. The fourth-order valence-electron chi connectivity index (χ4n) is 1.21. The standard InChI is InChI=1S/C10H11/c1-2-4-9(5-3-1)8-10-6-7-10/h1-2,4-5,10H,6-8H2. The molecule has 0 heteroatoms. The van der Waals surface area contributed by atoms with Gasteiger partial charge in [0.05, 0.1) is 0 Å². The molecule has 0 atom stereocenters. The molecule has 0 bridgehead atoms. The summed E-state index contributed by atoms with van der Waals surface area (Å²) < 4.78 is 0. The minimum atomic E-state index is 0.996. The molecule has 1 radical (unpaired) electrons. The van der Waals surface area contributed by atoms with Crippen LogP contribution in [0.4, 0.5) is 0 Å². The number of hydrogen-bond acceptors (Lipinski definition) is 0. The van der Waals surface area contributed by atoms with Gasteiger partial charge in [-0.25, -0.2) is 0 Å². The van der Waals surface area contributed by atoms with Gasteiger partial charge < -0.3 is 0 Å². The zero-order valence-corrected chi connectivity index (χ0v) is 6.01. The van der Waals surface area contributed by atoms with Gasteiger partial charge in [0.15, 0.2) is 0 Å². The predicted molar refractivity (Wildman–Crippen MR) is 41.7 cm³/mol. The molecule has 0 spiro atoms. The lowest BCUT2D eigenvalue weighted by atomic mass is 10.1. The van der Waals surface area contributed by atoms with Gasteiger partial charge in [0, 0.05) is 0 Å². The van der Waals surface area contributed by atoms with Crippen molar-refractivity contribution in [3.8, 4) is 0 Å². The third-order valence-corrected chi connectivity index (χ3v) is 1.99. The second-order valence-electron chi connectivity index (χ2n) is 3.06. The summed E-state index contributed by atoms with van der Waals surface area (Å²) in [5.74, 6) is 0.996. The predicted octanol–water partition coefficient (Wildman–Crippen LogP) is 2.44. The van der Waals surface area contributed by atoms with Crippen LogP contribution < -0.4 is 0 Å².